The molecule has 4 N–H and O–H groups in total. The van der Waals surface area contributed by atoms with Crippen LogP contribution in [0.1, 0.15) is 27.5 Å². The number of aliphatic hydroxyl groups is 1. The van der Waals surface area contributed by atoms with Crippen LogP contribution in [-0.4, -0.2) is 45.1 Å². The Labute approximate surface area is 204 Å². The van der Waals surface area contributed by atoms with Gasteiger partial charge in [-0.15, -0.1) is 0 Å². The number of aliphatic carboxylic acids is 1. The molecule has 0 aliphatic heterocycles. The van der Waals surface area contributed by atoms with Gasteiger partial charge in [-0.2, -0.15) is 4.39 Å². The lowest BCUT2D eigenvalue weighted by atomic mass is 9.99. The van der Waals surface area contributed by atoms with Crippen molar-refractivity contribution in [2.24, 2.45) is 0 Å². The van der Waals surface area contributed by atoms with Crippen LogP contribution >= 0.6 is 0 Å². The van der Waals surface area contributed by atoms with E-state index >= 15 is 0 Å². The van der Waals surface area contributed by atoms with Crippen molar-refractivity contribution in [1.82, 2.24) is 10.6 Å². The van der Waals surface area contributed by atoms with Crippen molar-refractivity contribution in [3.8, 4) is 0 Å². The quantitative estimate of drug-likeness (QED) is 0.248. The summed E-state index contributed by atoms with van der Waals surface area (Å²) < 4.78 is 13.6. The van der Waals surface area contributed by atoms with Crippen LogP contribution in [0.15, 0.2) is 78.9 Å². The maximum absolute atomic E-state index is 13.6. The number of carboxylic acid groups (broad SMARTS) is 1. The third kappa shape index (κ3) is 6.48. The third-order valence-corrected chi connectivity index (χ3v) is 5.33. The first-order chi connectivity index (χ1) is 17.2. The van der Waals surface area contributed by atoms with E-state index in [2.05, 4.69) is 10.6 Å². The summed E-state index contributed by atoms with van der Waals surface area (Å²) in [6.07, 6.45) is -2.30. The molecule has 11 heteroatoms. The average Bonchev–Trinajstić information content (AvgIpc) is 2.88. The van der Waals surface area contributed by atoms with Gasteiger partial charge in [-0.25, -0.2) is 4.79 Å². The third-order valence-electron chi connectivity index (χ3n) is 5.33. The first-order valence-electron chi connectivity index (χ1n) is 10.7. The monoisotopic (exact) mass is 495 g/mol. The molecule has 3 rings (SSSR count). The van der Waals surface area contributed by atoms with Gasteiger partial charge >= 0.3 is 11.7 Å². The number of rotatable bonds is 10. The summed E-state index contributed by atoms with van der Waals surface area (Å²) in [5.74, 6) is -4.23. The van der Waals surface area contributed by atoms with Crippen molar-refractivity contribution in [2.75, 3.05) is 0 Å². The molecule has 0 aliphatic rings. The smallest absolute Gasteiger partial charge is 0.326 e. The maximum Gasteiger partial charge on any atom is 0.326 e. The molecule has 36 heavy (non-hydrogen) atoms. The Balaban J connectivity index is 1.80. The van der Waals surface area contributed by atoms with Crippen LogP contribution in [-0.2, 0) is 16.0 Å². The van der Waals surface area contributed by atoms with Gasteiger partial charge in [0.05, 0.1) is 11.0 Å². The molecule has 0 saturated heterocycles. The Bertz CT molecular complexity index is 1260. The van der Waals surface area contributed by atoms with E-state index in [1.165, 1.54) is 0 Å². The van der Waals surface area contributed by atoms with Gasteiger partial charge in [0, 0.05) is 18.1 Å². The van der Waals surface area contributed by atoms with E-state index in [9.17, 15) is 39.1 Å². The van der Waals surface area contributed by atoms with E-state index in [0.29, 0.717) is 5.56 Å². The van der Waals surface area contributed by atoms with E-state index < -0.39 is 58.8 Å². The number of hydrogen-bond donors (Lipinski definition) is 4. The van der Waals surface area contributed by atoms with E-state index in [1.807, 2.05) is 0 Å². The van der Waals surface area contributed by atoms with Gasteiger partial charge in [0.1, 0.15) is 6.04 Å². The Morgan fingerprint density at radius 3 is 2.14 bits per heavy atom. The average molecular weight is 495 g/mol. The van der Waals surface area contributed by atoms with Gasteiger partial charge in [0.25, 0.3) is 11.8 Å². The molecule has 2 amide bonds. The zero-order chi connectivity index (χ0) is 26.2. The summed E-state index contributed by atoms with van der Waals surface area (Å²) in [6, 6.07) is 16.3. The van der Waals surface area contributed by atoms with Gasteiger partial charge in [0.2, 0.25) is 5.82 Å². The van der Waals surface area contributed by atoms with E-state index in [-0.39, 0.29) is 11.1 Å². The van der Waals surface area contributed by atoms with Crippen LogP contribution in [0, 0.1) is 15.9 Å². The number of carbonyl (C=O) groups is 3. The number of nitrogens with zero attached hydrogens (tertiary/aromatic N) is 1. The normalized spacial score (nSPS) is 13.2. The van der Waals surface area contributed by atoms with Gasteiger partial charge in [-0.1, -0.05) is 54.6 Å². The lowest BCUT2D eigenvalue weighted by Gasteiger charge is -2.25. The summed E-state index contributed by atoms with van der Waals surface area (Å²) in [5, 5.41) is 36.1. The van der Waals surface area contributed by atoms with Crippen LogP contribution < -0.4 is 10.6 Å². The summed E-state index contributed by atoms with van der Waals surface area (Å²) in [5.41, 5.74) is -0.0733. The van der Waals surface area contributed by atoms with Crippen molar-refractivity contribution in [3.05, 3.63) is 111 Å². The van der Waals surface area contributed by atoms with Crippen LogP contribution in [0.2, 0.25) is 0 Å². The molecule has 0 unspecified atom stereocenters. The van der Waals surface area contributed by atoms with Gasteiger partial charge in [0.15, 0.2) is 6.10 Å². The second-order valence-electron chi connectivity index (χ2n) is 7.82. The molecule has 0 aliphatic carbocycles. The highest BCUT2D eigenvalue weighted by Crippen LogP contribution is 2.21. The fraction of sp³-hybridized carbons (Fsp3) is 0.160. The maximum atomic E-state index is 13.6. The van der Waals surface area contributed by atoms with E-state index in [0.717, 1.165) is 18.2 Å². The Hall–Kier alpha value is -4.64. The van der Waals surface area contributed by atoms with Crippen molar-refractivity contribution in [3.63, 3.8) is 0 Å². The standard InChI is InChI=1S/C25H22FN3O7/c26-18-12-11-15(14-20(18)29(35)36)13-19(25(33)34)27-24(32)22(30)21(16-7-3-1-4-8-16)28-23(31)17-9-5-2-6-10-17/h1-12,14,19,21-22,30H,13H2,(H,27,32)(H,28,31)(H,33,34)/t19-,21-,22+/m0/s1. The number of amides is 2. The van der Waals surface area contributed by atoms with Crippen LogP contribution in [0.3, 0.4) is 0 Å². The number of hydrogen-bond acceptors (Lipinski definition) is 6. The lowest BCUT2D eigenvalue weighted by Crippen LogP contribution is -2.50. The number of benzene rings is 3. The number of carbonyl (C=O) groups excluding carboxylic acids is 2. The number of aliphatic hydroxyl groups excluding tert-OH is 1. The Morgan fingerprint density at radius 2 is 1.56 bits per heavy atom. The number of carboxylic acids is 1. The zero-order valence-corrected chi connectivity index (χ0v) is 18.7. The largest absolute Gasteiger partial charge is 0.480 e. The summed E-state index contributed by atoms with van der Waals surface area (Å²) in [4.78, 5) is 47.4. The molecule has 0 saturated carbocycles. The molecule has 186 valence electrons. The number of nitrogens with one attached hydrogen (secondary N) is 2. The van der Waals surface area contributed by atoms with Gasteiger partial charge < -0.3 is 20.8 Å². The SMILES string of the molecule is O=C(N[C@@H](c1ccccc1)[C@@H](O)C(=O)N[C@@H](Cc1ccc(F)c([N+](=O)[O-])c1)C(=O)O)c1ccccc1. The van der Waals surface area contributed by atoms with E-state index in [1.54, 1.807) is 60.7 Å². The number of nitro benzene ring substituents is 1. The lowest BCUT2D eigenvalue weighted by molar-refractivity contribution is -0.387. The van der Waals surface area contributed by atoms with Gasteiger partial charge in [-0.3, -0.25) is 19.7 Å². The van der Waals surface area contributed by atoms with Crippen LogP contribution in [0.5, 0.6) is 0 Å². The highest BCUT2D eigenvalue weighted by Gasteiger charge is 2.32. The first-order valence-corrected chi connectivity index (χ1v) is 10.7. The molecular formula is C25H22FN3O7. The molecule has 0 radical (unpaired) electrons. The highest BCUT2D eigenvalue weighted by atomic mass is 19.1. The molecule has 0 spiro atoms. The summed E-state index contributed by atoms with van der Waals surface area (Å²) in [6.45, 7) is 0. The Kier molecular flexibility index (Phi) is 8.42. The summed E-state index contributed by atoms with van der Waals surface area (Å²) >= 11 is 0. The molecule has 10 nitrogen and oxygen atoms in total. The molecule has 3 aromatic rings. The number of halogens is 1. The molecule has 3 aromatic carbocycles. The predicted molar refractivity (Wildman–Crippen MR) is 125 cm³/mol. The van der Waals surface area contributed by atoms with E-state index in [4.69, 9.17) is 0 Å². The topological polar surface area (TPSA) is 159 Å². The fourth-order valence-corrected chi connectivity index (χ4v) is 3.49. The molecule has 3 atom stereocenters. The Morgan fingerprint density at radius 1 is 0.944 bits per heavy atom. The van der Waals surface area contributed by atoms with Crippen LogP contribution in [0.25, 0.3) is 0 Å². The molecular weight excluding hydrogens is 473 g/mol. The minimum Gasteiger partial charge on any atom is -0.480 e. The van der Waals surface area contributed by atoms with Crippen molar-refractivity contribution in [2.45, 2.75) is 24.6 Å². The second kappa shape index (κ2) is 11.7. The first kappa shape index (κ1) is 26.0. The van der Waals surface area contributed by atoms with Gasteiger partial charge in [-0.05, 0) is 29.3 Å². The number of nitro groups is 1. The highest BCUT2D eigenvalue weighted by molar-refractivity contribution is 5.95. The second-order valence-corrected chi connectivity index (χ2v) is 7.82. The molecule has 0 heterocycles. The minimum atomic E-state index is -1.88. The van der Waals surface area contributed by atoms with Crippen molar-refractivity contribution < 1.29 is 33.9 Å². The fourth-order valence-electron chi connectivity index (χ4n) is 3.49. The molecule has 0 fully saturated rings. The zero-order valence-electron chi connectivity index (χ0n) is 18.7. The molecule has 0 aromatic heterocycles. The summed E-state index contributed by atoms with van der Waals surface area (Å²) in [7, 11) is 0. The minimum absolute atomic E-state index is 0.0854. The molecule has 0 bridgehead atoms. The predicted octanol–water partition coefficient (Wildman–Crippen LogP) is 2.38. The van der Waals surface area contributed by atoms with Crippen LogP contribution in [0.4, 0.5) is 10.1 Å². The van der Waals surface area contributed by atoms with Crippen molar-refractivity contribution >= 4 is 23.5 Å². The van der Waals surface area contributed by atoms with Crippen molar-refractivity contribution in [1.29, 1.82) is 0 Å².